The van der Waals surface area contributed by atoms with E-state index in [4.69, 9.17) is 32.7 Å². The van der Waals surface area contributed by atoms with Gasteiger partial charge in [-0.05, 0) is 42.5 Å². The van der Waals surface area contributed by atoms with Gasteiger partial charge in [-0.25, -0.2) is 13.2 Å². The second-order valence-electron chi connectivity index (χ2n) is 6.72. The number of carbonyl (C=O) groups excluding carboxylic acids is 1. The molecule has 0 bridgehead atoms. The summed E-state index contributed by atoms with van der Waals surface area (Å²) in [6.45, 7) is 1.59. The first-order valence-electron chi connectivity index (χ1n) is 9.05. The van der Waals surface area contributed by atoms with Gasteiger partial charge >= 0.3 is 6.09 Å². The van der Waals surface area contributed by atoms with Crippen LogP contribution in [-0.2, 0) is 14.8 Å². The van der Waals surface area contributed by atoms with E-state index in [1.165, 1.54) is 0 Å². The number of nitrogens with one attached hydrogen (secondary N) is 2. The van der Waals surface area contributed by atoms with Gasteiger partial charge in [0, 0.05) is 24.5 Å². The van der Waals surface area contributed by atoms with Crippen molar-refractivity contribution in [2.24, 2.45) is 0 Å². The Labute approximate surface area is 185 Å². The molecular formula is C19H21Cl2N3O5S. The van der Waals surface area contributed by atoms with Crippen molar-refractivity contribution in [1.29, 1.82) is 0 Å². The number of benzene rings is 2. The van der Waals surface area contributed by atoms with Crippen LogP contribution in [0.2, 0.25) is 10.0 Å². The first-order chi connectivity index (χ1) is 14.2. The summed E-state index contributed by atoms with van der Waals surface area (Å²) in [5, 5.41) is 4.12. The van der Waals surface area contributed by atoms with Crippen molar-refractivity contribution >= 4 is 50.7 Å². The van der Waals surface area contributed by atoms with E-state index in [2.05, 4.69) is 10.0 Å². The molecule has 1 fully saturated rings. The lowest BCUT2D eigenvalue weighted by atomic mass is 10.3. The molecule has 11 heteroatoms. The molecule has 2 aromatic carbocycles. The molecule has 1 aliphatic rings. The molecule has 1 unspecified atom stereocenters. The molecule has 2 N–H and O–H groups in total. The second kappa shape index (κ2) is 9.63. The smallest absolute Gasteiger partial charge is 0.410 e. The van der Waals surface area contributed by atoms with Crippen LogP contribution in [-0.4, -0.2) is 58.0 Å². The summed E-state index contributed by atoms with van der Waals surface area (Å²) >= 11 is 11.9. The standard InChI is InChI=1S/C19H21Cl2N3O5S/c1-30(26,27)23-13-2-5-15(6-3-13)28-12-16-11-24(19(25)29-16)9-8-22-14-4-7-17(20)18(21)10-14/h2-7,10,16,22-23H,8-9,11-12H2,1H3. The average Bonchev–Trinajstić information content (AvgIpc) is 3.02. The minimum absolute atomic E-state index is 0.196. The van der Waals surface area contributed by atoms with Crippen LogP contribution >= 0.6 is 23.2 Å². The number of hydrogen-bond acceptors (Lipinski definition) is 6. The number of anilines is 2. The number of sulfonamides is 1. The van der Waals surface area contributed by atoms with Gasteiger partial charge in [-0.15, -0.1) is 0 Å². The summed E-state index contributed by atoms with van der Waals surface area (Å²) in [4.78, 5) is 13.6. The van der Waals surface area contributed by atoms with Crippen LogP contribution in [0.15, 0.2) is 42.5 Å². The number of ether oxygens (including phenoxy) is 2. The molecule has 0 saturated carbocycles. The van der Waals surface area contributed by atoms with Crippen molar-refractivity contribution in [3.8, 4) is 5.75 Å². The quantitative estimate of drug-likeness (QED) is 0.576. The number of cyclic esters (lactones) is 1. The molecular weight excluding hydrogens is 453 g/mol. The Morgan fingerprint density at radius 3 is 2.50 bits per heavy atom. The van der Waals surface area contributed by atoms with Gasteiger partial charge in [0.2, 0.25) is 10.0 Å². The Bertz CT molecular complexity index is 1000. The van der Waals surface area contributed by atoms with Crippen LogP contribution in [0.3, 0.4) is 0 Å². The predicted octanol–water partition coefficient (Wildman–Crippen LogP) is 3.68. The van der Waals surface area contributed by atoms with Gasteiger partial charge in [-0.1, -0.05) is 23.2 Å². The zero-order valence-corrected chi connectivity index (χ0v) is 18.4. The molecule has 0 aromatic heterocycles. The van der Waals surface area contributed by atoms with Gasteiger partial charge in [-0.2, -0.15) is 0 Å². The van der Waals surface area contributed by atoms with Crippen LogP contribution < -0.4 is 14.8 Å². The molecule has 1 atom stereocenters. The maximum atomic E-state index is 12.0. The Balaban J connectivity index is 1.42. The lowest BCUT2D eigenvalue weighted by Crippen LogP contribution is -2.31. The number of carbonyl (C=O) groups is 1. The summed E-state index contributed by atoms with van der Waals surface area (Å²) in [5.41, 5.74) is 1.25. The average molecular weight is 474 g/mol. The van der Waals surface area contributed by atoms with E-state index in [0.29, 0.717) is 41.1 Å². The first kappa shape index (κ1) is 22.3. The molecule has 1 heterocycles. The van der Waals surface area contributed by atoms with Crippen molar-refractivity contribution in [2.45, 2.75) is 6.10 Å². The fraction of sp³-hybridized carbons (Fsp3) is 0.316. The lowest BCUT2D eigenvalue weighted by molar-refractivity contribution is 0.103. The highest BCUT2D eigenvalue weighted by Crippen LogP contribution is 2.25. The molecule has 2 aromatic rings. The van der Waals surface area contributed by atoms with Gasteiger partial charge in [0.1, 0.15) is 12.4 Å². The minimum atomic E-state index is -3.33. The summed E-state index contributed by atoms with van der Waals surface area (Å²) in [5.74, 6) is 0.546. The van der Waals surface area contributed by atoms with Crippen LogP contribution in [0.4, 0.5) is 16.2 Å². The van der Waals surface area contributed by atoms with E-state index >= 15 is 0 Å². The van der Waals surface area contributed by atoms with E-state index in [9.17, 15) is 13.2 Å². The van der Waals surface area contributed by atoms with E-state index < -0.39 is 22.2 Å². The Hall–Kier alpha value is -2.36. The maximum absolute atomic E-state index is 12.0. The fourth-order valence-corrected chi connectivity index (χ4v) is 3.67. The fourth-order valence-electron chi connectivity index (χ4n) is 2.81. The number of nitrogens with zero attached hydrogens (tertiary/aromatic N) is 1. The first-order valence-corrected chi connectivity index (χ1v) is 11.7. The second-order valence-corrected chi connectivity index (χ2v) is 9.28. The highest BCUT2D eigenvalue weighted by atomic mass is 35.5. The lowest BCUT2D eigenvalue weighted by Gasteiger charge is -2.14. The molecule has 162 valence electrons. The molecule has 8 nitrogen and oxygen atoms in total. The minimum Gasteiger partial charge on any atom is -0.490 e. The van der Waals surface area contributed by atoms with E-state index in [1.54, 1.807) is 41.3 Å². The molecule has 0 radical (unpaired) electrons. The van der Waals surface area contributed by atoms with Crippen molar-refractivity contribution in [1.82, 2.24) is 4.90 Å². The highest BCUT2D eigenvalue weighted by Gasteiger charge is 2.31. The molecule has 0 aliphatic carbocycles. The van der Waals surface area contributed by atoms with Gasteiger partial charge in [-0.3, -0.25) is 4.72 Å². The third kappa shape index (κ3) is 6.58. The zero-order chi connectivity index (χ0) is 21.7. The highest BCUT2D eigenvalue weighted by molar-refractivity contribution is 7.92. The summed E-state index contributed by atoms with van der Waals surface area (Å²) < 4.78 is 35.8. The summed E-state index contributed by atoms with van der Waals surface area (Å²) in [7, 11) is -3.33. The summed E-state index contributed by atoms with van der Waals surface area (Å²) in [6.07, 6.45) is 0.293. The largest absolute Gasteiger partial charge is 0.490 e. The number of rotatable bonds is 9. The van der Waals surface area contributed by atoms with Gasteiger partial charge in [0.25, 0.3) is 0 Å². The van der Waals surface area contributed by atoms with Crippen LogP contribution in [0, 0.1) is 0 Å². The van der Waals surface area contributed by atoms with Gasteiger partial charge in [0.15, 0.2) is 6.10 Å². The van der Waals surface area contributed by atoms with Crippen molar-refractivity contribution in [3.63, 3.8) is 0 Å². The van der Waals surface area contributed by atoms with Crippen molar-refractivity contribution in [2.75, 3.05) is 42.5 Å². The molecule has 1 saturated heterocycles. The number of amides is 1. The molecule has 0 spiro atoms. The third-order valence-corrected chi connectivity index (χ3v) is 5.52. The van der Waals surface area contributed by atoms with Gasteiger partial charge in [0.05, 0.1) is 22.8 Å². The van der Waals surface area contributed by atoms with Crippen LogP contribution in [0.1, 0.15) is 0 Å². The van der Waals surface area contributed by atoms with E-state index in [0.717, 1.165) is 11.9 Å². The van der Waals surface area contributed by atoms with Crippen LogP contribution in [0.5, 0.6) is 5.75 Å². The van der Waals surface area contributed by atoms with Gasteiger partial charge < -0.3 is 19.7 Å². The third-order valence-electron chi connectivity index (χ3n) is 4.17. The topological polar surface area (TPSA) is 97.0 Å². The predicted molar refractivity (Wildman–Crippen MR) is 117 cm³/mol. The van der Waals surface area contributed by atoms with Crippen molar-refractivity contribution < 1.29 is 22.7 Å². The molecule has 3 rings (SSSR count). The number of halogens is 2. The normalized spacial score (nSPS) is 16.3. The Morgan fingerprint density at radius 1 is 1.13 bits per heavy atom. The van der Waals surface area contributed by atoms with Crippen LogP contribution in [0.25, 0.3) is 0 Å². The monoisotopic (exact) mass is 473 g/mol. The van der Waals surface area contributed by atoms with E-state index in [1.807, 2.05) is 6.07 Å². The molecule has 1 aliphatic heterocycles. The molecule has 30 heavy (non-hydrogen) atoms. The zero-order valence-electron chi connectivity index (χ0n) is 16.1. The Kier molecular flexibility index (Phi) is 7.17. The summed E-state index contributed by atoms with van der Waals surface area (Å²) in [6, 6.07) is 11.7. The van der Waals surface area contributed by atoms with Crippen molar-refractivity contribution in [3.05, 3.63) is 52.5 Å². The maximum Gasteiger partial charge on any atom is 0.410 e. The van der Waals surface area contributed by atoms with E-state index in [-0.39, 0.29) is 6.61 Å². The SMILES string of the molecule is CS(=O)(=O)Nc1ccc(OCC2CN(CCNc3ccc(Cl)c(Cl)c3)C(=O)O2)cc1. The molecule has 1 amide bonds. The number of hydrogen-bond donors (Lipinski definition) is 2. The Morgan fingerprint density at radius 2 is 1.83 bits per heavy atom.